The summed E-state index contributed by atoms with van der Waals surface area (Å²) in [5.41, 5.74) is 0. The van der Waals surface area contributed by atoms with Crippen molar-refractivity contribution in [1.82, 2.24) is 25.3 Å². The van der Waals surface area contributed by atoms with Crippen LogP contribution in [0.3, 0.4) is 0 Å². The van der Waals surface area contributed by atoms with E-state index in [9.17, 15) is 28.8 Å². The highest BCUT2D eigenvalue weighted by Gasteiger charge is 2.43. The zero-order valence-electron chi connectivity index (χ0n) is 27.5. The fourth-order valence-electron chi connectivity index (χ4n) is 5.65. The predicted octanol–water partition coefficient (Wildman–Crippen LogP) is 1.71. The van der Waals surface area contributed by atoms with Crippen LogP contribution in [0.15, 0.2) is 0 Å². The number of carbonyl (C=O) groups is 6. The van der Waals surface area contributed by atoms with Gasteiger partial charge < -0.3 is 30.1 Å². The highest BCUT2D eigenvalue weighted by molar-refractivity contribution is 5.96. The van der Waals surface area contributed by atoms with Crippen molar-refractivity contribution in [3.8, 4) is 0 Å². The normalized spacial score (nSPS) is 28.9. The van der Waals surface area contributed by atoms with E-state index >= 15 is 0 Å². The van der Waals surface area contributed by atoms with Crippen LogP contribution in [0, 0.1) is 17.8 Å². The molecule has 0 saturated carbocycles. The lowest BCUT2D eigenvalue weighted by atomic mass is 9.92. The van der Waals surface area contributed by atoms with E-state index in [1.54, 1.807) is 14.0 Å². The Kier molecular flexibility index (Phi) is 13.4. The van der Waals surface area contributed by atoms with Gasteiger partial charge in [0.15, 0.2) is 6.10 Å². The first-order chi connectivity index (χ1) is 20.2. The molecule has 12 nitrogen and oxygen atoms in total. The summed E-state index contributed by atoms with van der Waals surface area (Å²) in [5.74, 6) is -3.27. The molecule has 0 aromatic rings. The molecular formula is C31H53N5O7. The van der Waals surface area contributed by atoms with Crippen molar-refractivity contribution in [1.29, 1.82) is 0 Å². The zero-order chi connectivity index (χ0) is 32.6. The standard InChI is InChI=1S/C31H53N5O7/c1-10-19(5)25-30(41)35(9)26(20(6)11-2)31(42)34(8)21(7)27(38)32-15-14-24(37)43-23(17-18(3)4)29(40)36-16-12-13-22(36)28(39)33-25/h18-23,25-26H,10-17H2,1-9H3,(H,32,38)(H,33,39)/t19-,20-,21-,22-,23+,25-,26-/m0/s1. The van der Waals surface area contributed by atoms with E-state index in [-0.39, 0.29) is 37.1 Å². The van der Waals surface area contributed by atoms with E-state index in [2.05, 4.69) is 10.6 Å². The predicted molar refractivity (Wildman–Crippen MR) is 161 cm³/mol. The van der Waals surface area contributed by atoms with Crippen LogP contribution < -0.4 is 10.6 Å². The van der Waals surface area contributed by atoms with Crippen LogP contribution in [0.2, 0.25) is 0 Å². The lowest BCUT2D eigenvalue weighted by Gasteiger charge is -2.38. The second-order valence-electron chi connectivity index (χ2n) is 12.6. The molecule has 0 bridgehead atoms. The summed E-state index contributed by atoms with van der Waals surface area (Å²) in [5, 5.41) is 5.60. The van der Waals surface area contributed by atoms with Gasteiger partial charge in [-0.15, -0.1) is 0 Å². The summed E-state index contributed by atoms with van der Waals surface area (Å²) in [4.78, 5) is 85.1. The molecule has 2 fully saturated rings. The smallest absolute Gasteiger partial charge is 0.308 e. The molecular weight excluding hydrogens is 554 g/mol. The van der Waals surface area contributed by atoms with Gasteiger partial charge in [-0.2, -0.15) is 0 Å². The Balaban J connectivity index is 2.56. The Bertz CT molecular complexity index is 1030. The largest absolute Gasteiger partial charge is 0.452 e. The Hall–Kier alpha value is -3.18. The minimum Gasteiger partial charge on any atom is -0.452 e. The summed E-state index contributed by atoms with van der Waals surface area (Å²) in [6, 6.07) is -3.50. The van der Waals surface area contributed by atoms with Gasteiger partial charge in [-0.1, -0.05) is 54.4 Å². The maximum Gasteiger partial charge on any atom is 0.308 e. The SMILES string of the molecule is CC[C@H](C)[C@@H]1NC(=O)[C@@H]2CCCN2C(=O)[C@@H](CC(C)C)OC(=O)CCNC(=O)[C@H](C)N(C)C(=O)[C@H]([C@@H](C)CC)N(C)C1=O. The molecule has 244 valence electrons. The summed E-state index contributed by atoms with van der Waals surface area (Å²) in [6.45, 7) is 13.3. The van der Waals surface area contributed by atoms with Crippen LogP contribution in [0.25, 0.3) is 0 Å². The minimum absolute atomic E-state index is 0.0354. The van der Waals surface area contributed by atoms with Crippen molar-refractivity contribution in [2.45, 2.75) is 117 Å². The third-order valence-corrected chi connectivity index (χ3v) is 8.99. The molecule has 0 unspecified atom stereocenters. The fourth-order valence-corrected chi connectivity index (χ4v) is 5.65. The minimum atomic E-state index is -1.07. The van der Waals surface area contributed by atoms with Gasteiger partial charge >= 0.3 is 5.97 Å². The topological polar surface area (TPSA) is 145 Å². The Morgan fingerprint density at radius 1 is 0.860 bits per heavy atom. The average molecular weight is 608 g/mol. The third-order valence-electron chi connectivity index (χ3n) is 8.99. The molecule has 2 N–H and O–H groups in total. The average Bonchev–Trinajstić information content (AvgIpc) is 3.46. The van der Waals surface area contributed by atoms with Crippen LogP contribution in [0.1, 0.15) is 87.0 Å². The number of nitrogens with zero attached hydrogens (tertiary/aromatic N) is 3. The van der Waals surface area contributed by atoms with Crippen molar-refractivity contribution in [2.24, 2.45) is 17.8 Å². The second-order valence-corrected chi connectivity index (χ2v) is 12.6. The molecule has 2 heterocycles. The summed E-state index contributed by atoms with van der Waals surface area (Å²) < 4.78 is 5.60. The molecule has 2 rings (SSSR count). The van der Waals surface area contributed by atoms with Crippen LogP contribution in [-0.2, 0) is 33.5 Å². The van der Waals surface area contributed by atoms with Gasteiger partial charge in [0.1, 0.15) is 24.2 Å². The molecule has 2 aliphatic rings. The van der Waals surface area contributed by atoms with Gasteiger partial charge in [0.25, 0.3) is 5.91 Å². The van der Waals surface area contributed by atoms with Crippen molar-refractivity contribution in [3.63, 3.8) is 0 Å². The van der Waals surface area contributed by atoms with E-state index in [4.69, 9.17) is 4.74 Å². The number of likely N-dealkylation sites (N-methyl/N-ethyl adjacent to an activating group) is 2. The number of fused-ring (bicyclic) bond motifs is 1. The second kappa shape index (κ2) is 16.0. The molecule has 0 spiro atoms. The van der Waals surface area contributed by atoms with Crippen LogP contribution in [0.5, 0.6) is 0 Å². The molecule has 0 aliphatic carbocycles. The maximum atomic E-state index is 14.0. The molecule has 0 radical (unpaired) electrons. The summed E-state index contributed by atoms with van der Waals surface area (Å²) in [7, 11) is 3.08. The molecule has 0 aromatic carbocycles. The van der Waals surface area contributed by atoms with E-state index < -0.39 is 65.8 Å². The fraction of sp³-hybridized carbons (Fsp3) is 0.806. The number of rotatable bonds is 6. The number of hydrogen-bond acceptors (Lipinski definition) is 7. The van der Waals surface area contributed by atoms with Gasteiger partial charge in [-0.25, -0.2) is 0 Å². The Labute approximate surface area is 256 Å². The van der Waals surface area contributed by atoms with Gasteiger partial charge in [0.2, 0.25) is 23.6 Å². The van der Waals surface area contributed by atoms with Crippen LogP contribution >= 0.6 is 0 Å². The first-order valence-corrected chi connectivity index (χ1v) is 15.8. The zero-order valence-corrected chi connectivity index (χ0v) is 27.5. The van der Waals surface area contributed by atoms with Crippen LogP contribution in [-0.4, -0.2) is 108 Å². The molecule has 2 aliphatic heterocycles. The van der Waals surface area contributed by atoms with Crippen LogP contribution in [0.4, 0.5) is 0 Å². The van der Waals surface area contributed by atoms with E-state index in [0.29, 0.717) is 32.2 Å². The lowest BCUT2D eigenvalue weighted by molar-refractivity contribution is -0.162. The summed E-state index contributed by atoms with van der Waals surface area (Å²) >= 11 is 0. The van der Waals surface area contributed by atoms with Crippen molar-refractivity contribution in [2.75, 3.05) is 27.2 Å². The highest BCUT2D eigenvalue weighted by atomic mass is 16.5. The molecule has 12 heteroatoms. The van der Waals surface area contributed by atoms with Gasteiger partial charge in [0.05, 0.1) is 6.42 Å². The first kappa shape index (κ1) is 36.0. The molecule has 43 heavy (non-hydrogen) atoms. The summed E-state index contributed by atoms with van der Waals surface area (Å²) in [6.07, 6.45) is 1.24. The lowest BCUT2D eigenvalue weighted by Crippen LogP contribution is -2.61. The number of amides is 5. The number of carbonyl (C=O) groups excluding carboxylic acids is 6. The van der Waals surface area contributed by atoms with Crippen molar-refractivity contribution < 1.29 is 33.5 Å². The third kappa shape index (κ3) is 8.92. The van der Waals surface area contributed by atoms with Gasteiger partial charge in [-0.05, 0) is 43.9 Å². The monoisotopic (exact) mass is 607 g/mol. The molecule has 5 amide bonds. The Morgan fingerprint density at radius 3 is 2.07 bits per heavy atom. The van der Waals surface area contributed by atoms with E-state index in [1.165, 1.54) is 21.7 Å². The number of hydrogen-bond donors (Lipinski definition) is 2. The Morgan fingerprint density at radius 2 is 1.49 bits per heavy atom. The first-order valence-electron chi connectivity index (χ1n) is 15.8. The number of cyclic esters (lactones) is 1. The van der Waals surface area contributed by atoms with Gasteiger partial charge in [0, 0.05) is 27.2 Å². The quantitative estimate of drug-likeness (QED) is 0.437. The number of ether oxygens (including phenoxy) is 1. The molecule has 0 aromatic heterocycles. The van der Waals surface area contributed by atoms with Crippen molar-refractivity contribution >= 4 is 35.5 Å². The molecule has 7 atom stereocenters. The molecule has 2 saturated heterocycles. The van der Waals surface area contributed by atoms with Gasteiger partial charge in [-0.3, -0.25) is 28.8 Å². The van der Waals surface area contributed by atoms with E-state index in [1.807, 2.05) is 41.5 Å². The number of esters is 1. The highest BCUT2D eigenvalue weighted by Crippen LogP contribution is 2.24. The number of nitrogens with one attached hydrogen (secondary N) is 2. The maximum absolute atomic E-state index is 14.0. The van der Waals surface area contributed by atoms with E-state index in [0.717, 1.165) is 0 Å². The van der Waals surface area contributed by atoms with Crippen molar-refractivity contribution in [3.05, 3.63) is 0 Å².